The fourth-order valence-corrected chi connectivity index (χ4v) is 4.39. The number of carbonyl (C=O) groups excluding carboxylic acids is 2. The number of halogens is 1. The van der Waals surface area contributed by atoms with Crippen LogP contribution in [0.1, 0.15) is 35.7 Å². The average Bonchev–Trinajstić information content (AvgIpc) is 3.06. The monoisotopic (exact) mass is 420 g/mol. The molecule has 0 aromatic heterocycles. The van der Waals surface area contributed by atoms with Crippen molar-refractivity contribution in [3.05, 3.63) is 58.6 Å². The molecule has 1 saturated heterocycles. The molecule has 0 spiro atoms. The van der Waals surface area contributed by atoms with E-state index in [0.29, 0.717) is 18.7 Å². The van der Waals surface area contributed by atoms with Crippen LogP contribution < -0.4 is 5.32 Å². The molecule has 2 aromatic rings. The number of amides is 2. The number of benzene rings is 2. The fourth-order valence-electron chi connectivity index (χ4n) is 3.14. The second-order valence-corrected chi connectivity index (χ2v) is 9.30. The molecule has 6 nitrogen and oxygen atoms in total. The predicted molar refractivity (Wildman–Crippen MR) is 108 cm³/mol. The van der Waals surface area contributed by atoms with E-state index in [1.807, 2.05) is 6.07 Å². The van der Waals surface area contributed by atoms with Gasteiger partial charge in [-0.2, -0.15) is 0 Å². The number of carbonyl (C=O) groups is 2. The number of nitrogens with one attached hydrogen (secondary N) is 1. The molecule has 0 radical (unpaired) electrons. The Bertz CT molecular complexity index is 1020. The third-order valence-corrected chi connectivity index (χ3v) is 6.65. The number of hydrogen-bond donors (Lipinski definition) is 1. The second kappa shape index (κ2) is 8.32. The zero-order chi connectivity index (χ0) is 20.3. The zero-order valence-electron chi connectivity index (χ0n) is 15.4. The lowest BCUT2D eigenvalue weighted by atomic mass is 10.1. The molecule has 2 amide bonds. The van der Waals surface area contributed by atoms with Gasteiger partial charge in [0.25, 0.3) is 5.91 Å². The lowest BCUT2D eigenvalue weighted by Gasteiger charge is -2.16. The van der Waals surface area contributed by atoms with Crippen molar-refractivity contribution >= 4 is 38.9 Å². The number of hydrogen-bond acceptors (Lipinski definition) is 4. The van der Waals surface area contributed by atoms with Gasteiger partial charge in [-0.25, -0.2) is 8.42 Å². The first kappa shape index (κ1) is 20.4. The van der Waals surface area contributed by atoms with Crippen LogP contribution in [0.15, 0.2) is 47.4 Å². The van der Waals surface area contributed by atoms with Gasteiger partial charge in [-0.3, -0.25) is 9.59 Å². The molecule has 2 aromatic carbocycles. The molecule has 1 fully saturated rings. The molecular formula is C20H21ClN2O4S. The van der Waals surface area contributed by atoms with Crippen molar-refractivity contribution in [3.8, 4) is 0 Å². The van der Waals surface area contributed by atoms with Crippen molar-refractivity contribution in [2.24, 2.45) is 0 Å². The van der Waals surface area contributed by atoms with Crippen LogP contribution in [0.2, 0.25) is 5.02 Å². The van der Waals surface area contributed by atoms with E-state index in [-0.39, 0.29) is 27.1 Å². The summed E-state index contributed by atoms with van der Waals surface area (Å²) in [6.07, 6.45) is 1.43. The highest BCUT2D eigenvalue weighted by Crippen LogP contribution is 2.24. The summed E-state index contributed by atoms with van der Waals surface area (Å²) >= 11 is 5.98. The summed E-state index contributed by atoms with van der Waals surface area (Å²) in [7, 11) is -3.58. The molecule has 8 heteroatoms. The molecule has 3 rings (SSSR count). The normalized spacial score (nSPS) is 14.4. The van der Waals surface area contributed by atoms with E-state index < -0.39 is 15.7 Å². The maximum absolute atomic E-state index is 12.8. The van der Waals surface area contributed by atoms with Crippen LogP contribution in [0.5, 0.6) is 0 Å². The van der Waals surface area contributed by atoms with E-state index in [0.717, 1.165) is 18.5 Å². The molecule has 1 aliphatic rings. The Morgan fingerprint density at radius 3 is 2.68 bits per heavy atom. The Hall–Kier alpha value is -2.38. The molecule has 0 aliphatic carbocycles. The van der Waals surface area contributed by atoms with Crippen LogP contribution >= 0.6 is 11.6 Å². The van der Waals surface area contributed by atoms with Gasteiger partial charge in [-0.15, -0.1) is 0 Å². The van der Waals surface area contributed by atoms with Crippen molar-refractivity contribution in [1.82, 2.24) is 4.90 Å². The highest BCUT2D eigenvalue weighted by Gasteiger charge is 2.22. The van der Waals surface area contributed by atoms with Crippen molar-refractivity contribution in [2.75, 3.05) is 17.6 Å². The summed E-state index contributed by atoms with van der Waals surface area (Å²) in [5.41, 5.74) is 1.42. The molecule has 1 heterocycles. The molecule has 1 N–H and O–H groups in total. The van der Waals surface area contributed by atoms with E-state index in [1.165, 1.54) is 25.1 Å². The van der Waals surface area contributed by atoms with Crippen LogP contribution in [-0.2, 0) is 21.2 Å². The van der Waals surface area contributed by atoms with E-state index in [4.69, 9.17) is 11.6 Å². The molecule has 0 bridgehead atoms. The van der Waals surface area contributed by atoms with Crippen molar-refractivity contribution < 1.29 is 18.0 Å². The first-order valence-corrected chi connectivity index (χ1v) is 11.0. The van der Waals surface area contributed by atoms with Gasteiger partial charge in [0, 0.05) is 30.2 Å². The standard InChI is InChI=1S/C20H21ClN2O4S/c1-2-28(26,27)18-9-8-15(21)12-17(18)20(25)22-16-6-3-5-14(11-16)13-23-10-4-7-19(23)24/h3,5-6,8-9,11-12H,2,4,7,10,13H2,1H3,(H,22,25). The Kier molecular flexibility index (Phi) is 6.05. The summed E-state index contributed by atoms with van der Waals surface area (Å²) < 4.78 is 24.6. The highest BCUT2D eigenvalue weighted by molar-refractivity contribution is 7.91. The molecule has 0 unspecified atom stereocenters. The minimum Gasteiger partial charge on any atom is -0.338 e. The summed E-state index contributed by atoms with van der Waals surface area (Å²) in [6.45, 7) is 2.74. The largest absolute Gasteiger partial charge is 0.338 e. The Morgan fingerprint density at radius 2 is 2.00 bits per heavy atom. The number of sulfone groups is 1. The van der Waals surface area contributed by atoms with Gasteiger partial charge in [0.2, 0.25) is 5.91 Å². The number of nitrogens with zero attached hydrogens (tertiary/aromatic N) is 1. The van der Waals surface area contributed by atoms with E-state index in [1.54, 1.807) is 23.1 Å². The first-order valence-electron chi connectivity index (χ1n) is 9.00. The SMILES string of the molecule is CCS(=O)(=O)c1ccc(Cl)cc1C(=O)Nc1cccc(CN2CCCC2=O)c1. The quantitative estimate of drug-likeness (QED) is 0.775. The minimum atomic E-state index is -3.58. The maximum Gasteiger partial charge on any atom is 0.257 e. The third kappa shape index (κ3) is 4.54. The van der Waals surface area contributed by atoms with Crippen LogP contribution in [0.3, 0.4) is 0 Å². The van der Waals surface area contributed by atoms with Crippen molar-refractivity contribution in [3.63, 3.8) is 0 Å². The maximum atomic E-state index is 12.8. The van der Waals surface area contributed by atoms with Gasteiger partial charge in [0.1, 0.15) is 0 Å². The van der Waals surface area contributed by atoms with Crippen LogP contribution in [-0.4, -0.2) is 37.4 Å². The minimum absolute atomic E-state index is 0.00877. The molecule has 0 atom stereocenters. The summed E-state index contributed by atoms with van der Waals surface area (Å²) in [6, 6.07) is 11.3. The number of likely N-dealkylation sites (tertiary alicyclic amines) is 1. The van der Waals surface area contributed by atoms with Gasteiger partial charge in [0.15, 0.2) is 9.84 Å². The number of rotatable bonds is 6. The van der Waals surface area contributed by atoms with Gasteiger partial charge in [-0.1, -0.05) is 30.7 Å². The summed E-state index contributed by atoms with van der Waals surface area (Å²) in [5, 5.41) is 3.01. The lowest BCUT2D eigenvalue weighted by molar-refractivity contribution is -0.128. The fraction of sp³-hybridized carbons (Fsp3) is 0.300. The van der Waals surface area contributed by atoms with E-state index in [9.17, 15) is 18.0 Å². The van der Waals surface area contributed by atoms with Crippen LogP contribution in [0.4, 0.5) is 5.69 Å². The van der Waals surface area contributed by atoms with Gasteiger partial charge >= 0.3 is 0 Å². The van der Waals surface area contributed by atoms with Crippen LogP contribution in [0.25, 0.3) is 0 Å². The Balaban J connectivity index is 1.83. The van der Waals surface area contributed by atoms with Crippen molar-refractivity contribution in [2.45, 2.75) is 31.2 Å². The predicted octanol–water partition coefficient (Wildman–Crippen LogP) is 3.51. The summed E-state index contributed by atoms with van der Waals surface area (Å²) in [4.78, 5) is 26.3. The Labute approximate surface area is 169 Å². The summed E-state index contributed by atoms with van der Waals surface area (Å²) in [5.74, 6) is -0.541. The van der Waals surface area contributed by atoms with Crippen molar-refractivity contribution in [1.29, 1.82) is 0 Å². The molecule has 0 saturated carbocycles. The highest BCUT2D eigenvalue weighted by atomic mass is 35.5. The molecule has 148 valence electrons. The van der Waals surface area contributed by atoms with E-state index in [2.05, 4.69) is 5.32 Å². The number of anilines is 1. The molecule has 28 heavy (non-hydrogen) atoms. The van der Waals surface area contributed by atoms with E-state index >= 15 is 0 Å². The molecule has 1 aliphatic heterocycles. The lowest BCUT2D eigenvalue weighted by Crippen LogP contribution is -2.24. The second-order valence-electron chi connectivity index (χ2n) is 6.62. The topological polar surface area (TPSA) is 83.6 Å². The molecular weight excluding hydrogens is 400 g/mol. The zero-order valence-corrected chi connectivity index (χ0v) is 17.0. The average molecular weight is 421 g/mol. The van der Waals surface area contributed by atoms with Gasteiger partial charge < -0.3 is 10.2 Å². The Morgan fingerprint density at radius 1 is 1.21 bits per heavy atom. The third-order valence-electron chi connectivity index (χ3n) is 4.63. The smallest absolute Gasteiger partial charge is 0.257 e. The van der Waals surface area contributed by atoms with Gasteiger partial charge in [0.05, 0.1) is 16.2 Å². The van der Waals surface area contributed by atoms with Gasteiger partial charge in [-0.05, 0) is 42.3 Å². The van der Waals surface area contributed by atoms with Crippen LogP contribution in [0, 0.1) is 0 Å². The first-order chi connectivity index (χ1) is 13.3.